The quantitative estimate of drug-likeness (QED) is 0.761. The third kappa shape index (κ3) is 3.61. The second-order valence-electron chi connectivity index (χ2n) is 5.89. The number of thiophene rings is 1. The molecule has 0 saturated heterocycles. The number of fused-ring (bicyclic) bond motifs is 1. The summed E-state index contributed by atoms with van der Waals surface area (Å²) < 4.78 is 14.4. The summed E-state index contributed by atoms with van der Waals surface area (Å²) in [4.78, 5) is 29.8. The monoisotopic (exact) mass is 359 g/mol. The van der Waals surface area contributed by atoms with Crippen LogP contribution in [0.5, 0.6) is 0 Å². The van der Waals surface area contributed by atoms with Gasteiger partial charge < -0.3 is 5.32 Å². The molecular weight excluding hydrogens is 341 g/mol. The minimum Gasteiger partial charge on any atom is -0.352 e. The molecule has 0 bridgehead atoms. The summed E-state index contributed by atoms with van der Waals surface area (Å²) in [5.41, 5.74) is 1.17. The molecule has 0 radical (unpaired) electrons. The zero-order valence-corrected chi connectivity index (χ0v) is 14.8. The van der Waals surface area contributed by atoms with Crippen molar-refractivity contribution in [2.75, 3.05) is 0 Å². The molecule has 2 aromatic heterocycles. The molecule has 0 spiro atoms. The molecule has 0 fully saturated rings. The van der Waals surface area contributed by atoms with Gasteiger partial charge in [0.15, 0.2) is 0 Å². The Labute approximate surface area is 148 Å². The van der Waals surface area contributed by atoms with E-state index in [1.165, 1.54) is 34.4 Å². The van der Waals surface area contributed by atoms with Crippen molar-refractivity contribution in [3.05, 3.63) is 52.1 Å². The molecule has 5 nitrogen and oxygen atoms in total. The Morgan fingerprint density at radius 2 is 2.08 bits per heavy atom. The van der Waals surface area contributed by atoms with Gasteiger partial charge in [0.2, 0.25) is 5.91 Å². The van der Waals surface area contributed by atoms with Gasteiger partial charge in [-0.25, -0.2) is 9.37 Å². The zero-order valence-electron chi connectivity index (χ0n) is 14.0. The van der Waals surface area contributed by atoms with Crippen LogP contribution < -0.4 is 10.9 Å². The fourth-order valence-corrected chi connectivity index (χ4v) is 3.41. The van der Waals surface area contributed by atoms with E-state index in [-0.39, 0.29) is 29.9 Å². The van der Waals surface area contributed by atoms with Crippen LogP contribution in [0.25, 0.3) is 21.3 Å². The van der Waals surface area contributed by atoms with Crippen LogP contribution in [0.15, 0.2) is 40.8 Å². The van der Waals surface area contributed by atoms with Crippen LogP contribution in [-0.4, -0.2) is 21.5 Å². The summed E-state index contributed by atoms with van der Waals surface area (Å²) in [6.45, 7) is 3.81. The third-order valence-electron chi connectivity index (χ3n) is 4.05. The maximum atomic E-state index is 13.1. The van der Waals surface area contributed by atoms with E-state index < -0.39 is 0 Å². The number of benzene rings is 1. The fraction of sp³-hybridized carbons (Fsp3) is 0.278. The molecule has 0 unspecified atom stereocenters. The second-order valence-corrected chi connectivity index (χ2v) is 6.75. The Morgan fingerprint density at radius 3 is 2.76 bits per heavy atom. The number of hydrogen-bond acceptors (Lipinski definition) is 4. The van der Waals surface area contributed by atoms with Crippen LogP contribution in [0.2, 0.25) is 0 Å². The van der Waals surface area contributed by atoms with Gasteiger partial charge >= 0.3 is 0 Å². The standard InChI is InChI=1S/C18H18FN3O2S/c1-3-11(2)21-15(23)8-22-10-20-17-16(18(22)24)14(9-25-17)12-4-6-13(19)7-5-12/h4-7,9-11H,3,8H2,1-2H3,(H,21,23)/t11-/m0/s1. The maximum absolute atomic E-state index is 13.1. The topological polar surface area (TPSA) is 64.0 Å². The van der Waals surface area contributed by atoms with Gasteiger partial charge in [-0.2, -0.15) is 0 Å². The highest BCUT2D eigenvalue weighted by Gasteiger charge is 2.15. The van der Waals surface area contributed by atoms with E-state index in [0.29, 0.717) is 15.8 Å². The molecule has 1 aromatic carbocycles. The second kappa shape index (κ2) is 7.14. The Kier molecular flexibility index (Phi) is 4.94. The van der Waals surface area contributed by atoms with Crippen LogP contribution in [0.1, 0.15) is 20.3 Å². The number of halogens is 1. The van der Waals surface area contributed by atoms with Gasteiger partial charge in [-0.3, -0.25) is 14.2 Å². The van der Waals surface area contributed by atoms with Gasteiger partial charge in [0.25, 0.3) is 5.56 Å². The molecule has 1 atom stereocenters. The van der Waals surface area contributed by atoms with E-state index in [0.717, 1.165) is 12.0 Å². The lowest BCUT2D eigenvalue weighted by Crippen LogP contribution is -2.37. The maximum Gasteiger partial charge on any atom is 0.263 e. The van der Waals surface area contributed by atoms with Gasteiger partial charge in [0.05, 0.1) is 11.7 Å². The van der Waals surface area contributed by atoms with Crippen LogP contribution >= 0.6 is 11.3 Å². The van der Waals surface area contributed by atoms with Crippen LogP contribution in [0, 0.1) is 5.82 Å². The van der Waals surface area contributed by atoms with Crippen molar-refractivity contribution in [2.45, 2.75) is 32.9 Å². The van der Waals surface area contributed by atoms with Crippen molar-refractivity contribution < 1.29 is 9.18 Å². The largest absolute Gasteiger partial charge is 0.352 e. The summed E-state index contributed by atoms with van der Waals surface area (Å²) in [7, 11) is 0. The SMILES string of the molecule is CC[C@H](C)NC(=O)Cn1cnc2scc(-c3ccc(F)cc3)c2c1=O. The average molecular weight is 359 g/mol. The Hall–Kier alpha value is -2.54. The lowest BCUT2D eigenvalue weighted by atomic mass is 10.1. The first-order valence-electron chi connectivity index (χ1n) is 8.01. The molecule has 7 heteroatoms. The minimum atomic E-state index is -0.333. The molecule has 3 aromatic rings. The first-order chi connectivity index (χ1) is 12.0. The molecule has 1 N–H and O–H groups in total. The third-order valence-corrected chi connectivity index (χ3v) is 4.94. The molecule has 25 heavy (non-hydrogen) atoms. The van der Waals surface area contributed by atoms with Gasteiger partial charge in [-0.1, -0.05) is 19.1 Å². The Balaban J connectivity index is 1.99. The molecular formula is C18H18FN3O2S. The molecule has 2 heterocycles. The molecule has 130 valence electrons. The molecule has 0 aliphatic carbocycles. The fourth-order valence-electron chi connectivity index (χ4n) is 2.50. The first-order valence-corrected chi connectivity index (χ1v) is 8.89. The number of amides is 1. The molecule has 1 amide bonds. The molecule has 3 rings (SSSR count). The Morgan fingerprint density at radius 1 is 1.36 bits per heavy atom. The highest BCUT2D eigenvalue weighted by atomic mass is 32.1. The lowest BCUT2D eigenvalue weighted by molar-refractivity contribution is -0.122. The van der Waals surface area contributed by atoms with Crippen molar-refractivity contribution in [3.8, 4) is 11.1 Å². The van der Waals surface area contributed by atoms with Crippen LogP contribution in [0.3, 0.4) is 0 Å². The molecule has 0 aliphatic rings. The minimum absolute atomic E-state index is 0.0517. The normalized spacial score (nSPS) is 12.3. The smallest absolute Gasteiger partial charge is 0.263 e. The number of rotatable bonds is 5. The summed E-state index contributed by atoms with van der Waals surface area (Å²) in [5, 5.41) is 5.12. The Bertz CT molecular complexity index is 963. The predicted octanol–water partition coefficient (Wildman–Crippen LogP) is 3.18. The van der Waals surface area contributed by atoms with Crippen molar-refractivity contribution in [1.82, 2.24) is 14.9 Å². The van der Waals surface area contributed by atoms with Crippen LogP contribution in [0.4, 0.5) is 4.39 Å². The number of nitrogens with one attached hydrogen (secondary N) is 1. The summed E-state index contributed by atoms with van der Waals surface area (Å²) >= 11 is 1.35. The average Bonchev–Trinajstić information content (AvgIpc) is 3.02. The highest BCUT2D eigenvalue weighted by Crippen LogP contribution is 2.30. The van der Waals surface area contributed by atoms with E-state index in [2.05, 4.69) is 10.3 Å². The predicted molar refractivity (Wildman–Crippen MR) is 97.2 cm³/mol. The van der Waals surface area contributed by atoms with Crippen molar-refractivity contribution in [2.24, 2.45) is 0 Å². The number of hydrogen-bond donors (Lipinski definition) is 1. The van der Waals surface area contributed by atoms with Crippen molar-refractivity contribution in [1.29, 1.82) is 0 Å². The highest BCUT2D eigenvalue weighted by molar-refractivity contribution is 7.17. The van der Waals surface area contributed by atoms with E-state index in [9.17, 15) is 14.0 Å². The first kappa shape index (κ1) is 17.3. The van der Waals surface area contributed by atoms with Gasteiger partial charge in [-0.05, 0) is 31.0 Å². The molecule has 0 aliphatic heterocycles. The van der Waals surface area contributed by atoms with Crippen LogP contribution in [-0.2, 0) is 11.3 Å². The summed E-state index contributed by atoms with van der Waals surface area (Å²) in [6.07, 6.45) is 2.21. The van der Waals surface area contributed by atoms with Crippen molar-refractivity contribution >= 4 is 27.5 Å². The van der Waals surface area contributed by atoms with Gasteiger partial charge in [-0.15, -0.1) is 11.3 Å². The number of aromatic nitrogens is 2. The van der Waals surface area contributed by atoms with Crippen molar-refractivity contribution in [3.63, 3.8) is 0 Å². The van der Waals surface area contributed by atoms with E-state index in [1.54, 1.807) is 12.1 Å². The van der Waals surface area contributed by atoms with E-state index >= 15 is 0 Å². The molecule has 0 saturated carbocycles. The summed E-state index contributed by atoms with van der Waals surface area (Å²) in [5.74, 6) is -0.559. The zero-order chi connectivity index (χ0) is 18.0. The van der Waals surface area contributed by atoms with Gasteiger partial charge in [0.1, 0.15) is 17.2 Å². The number of carbonyl (C=O) groups is 1. The van der Waals surface area contributed by atoms with Gasteiger partial charge in [0, 0.05) is 17.0 Å². The number of carbonyl (C=O) groups excluding carboxylic acids is 1. The van der Waals surface area contributed by atoms with E-state index in [1.807, 2.05) is 19.2 Å². The summed E-state index contributed by atoms with van der Waals surface area (Å²) in [6, 6.07) is 6.02. The van der Waals surface area contributed by atoms with E-state index in [4.69, 9.17) is 0 Å². The lowest BCUT2D eigenvalue weighted by Gasteiger charge is -2.12. The number of nitrogens with zero attached hydrogens (tertiary/aromatic N) is 2.